The molecule has 1 saturated carbocycles. The Bertz CT molecular complexity index is 1550. The third-order valence-electron chi connectivity index (χ3n) is 8.23. The van der Waals surface area contributed by atoms with Crippen LogP contribution in [0.5, 0.6) is 0 Å². The van der Waals surface area contributed by atoms with E-state index >= 15 is 0 Å². The summed E-state index contributed by atoms with van der Waals surface area (Å²) in [6, 6.07) is 12.3. The van der Waals surface area contributed by atoms with Crippen molar-refractivity contribution in [2.24, 2.45) is 11.7 Å². The highest BCUT2D eigenvalue weighted by Crippen LogP contribution is 2.38. The van der Waals surface area contributed by atoms with E-state index in [-0.39, 0.29) is 34.6 Å². The molecule has 9 nitrogen and oxygen atoms in total. The van der Waals surface area contributed by atoms with Gasteiger partial charge in [0.05, 0.1) is 16.9 Å². The topological polar surface area (TPSA) is 114 Å². The first-order chi connectivity index (χ1) is 20.3. The van der Waals surface area contributed by atoms with Gasteiger partial charge in [-0.3, -0.25) is 14.3 Å². The standard InChI is InChI=1S/C30H33ClF2N8O/c31-23-13-20(32)14-24(33)26(23)38-30-37-25-15-35-29(39-28(25)41(30)22-10-8-19(9-11-22)27(34)42)36-21-7-4-12-40(17-21)16-18-5-2-1-3-6-18/h1-3,5-6,13-15,19,21-22H,4,7-12,16-17H2,(H2,34,42)(H,37,38)(H,35,36,39)/t19-,21-,22-/m1/s1. The number of carbonyl (C=O) groups is 1. The lowest BCUT2D eigenvalue weighted by Crippen LogP contribution is -2.41. The average molecular weight is 595 g/mol. The first kappa shape index (κ1) is 28.3. The van der Waals surface area contributed by atoms with Gasteiger partial charge in [0, 0.05) is 37.2 Å². The highest BCUT2D eigenvalue weighted by atomic mass is 35.5. The summed E-state index contributed by atoms with van der Waals surface area (Å²) in [5, 5.41) is 6.39. The fourth-order valence-corrected chi connectivity index (χ4v) is 6.37. The number of hydrogen-bond donors (Lipinski definition) is 3. The molecule has 2 fully saturated rings. The maximum Gasteiger partial charge on any atom is 0.225 e. The molecule has 3 heterocycles. The zero-order valence-corrected chi connectivity index (χ0v) is 23.8. The normalized spacial score (nSPS) is 21.4. The van der Waals surface area contributed by atoms with Crippen molar-refractivity contribution in [1.82, 2.24) is 24.4 Å². The van der Waals surface area contributed by atoms with Crippen LogP contribution in [0.1, 0.15) is 50.1 Å². The van der Waals surface area contributed by atoms with Crippen molar-refractivity contribution >= 4 is 46.3 Å². The van der Waals surface area contributed by atoms with Gasteiger partial charge in [-0.1, -0.05) is 41.9 Å². The SMILES string of the molecule is NC(=O)[C@H]1CC[C@H](n2c(Nc3c(F)cc(F)cc3Cl)nc3cnc(N[C@@H]4CCCN(Cc5ccccc5)C4)nc32)CC1. The van der Waals surface area contributed by atoms with Crippen molar-refractivity contribution in [2.45, 2.75) is 57.2 Å². The van der Waals surface area contributed by atoms with Crippen LogP contribution < -0.4 is 16.4 Å². The molecule has 42 heavy (non-hydrogen) atoms. The lowest BCUT2D eigenvalue weighted by atomic mass is 9.85. The van der Waals surface area contributed by atoms with E-state index < -0.39 is 11.6 Å². The summed E-state index contributed by atoms with van der Waals surface area (Å²) in [4.78, 5) is 28.3. The summed E-state index contributed by atoms with van der Waals surface area (Å²) in [7, 11) is 0. The maximum atomic E-state index is 14.7. The number of likely N-dealkylation sites (tertiary alicyclic amines) is 1. The van der Waals surface area contributed by atoms with E-state index in [0.717, 1.165) is 44.6 Å². The number of anilines is 3. The van der Waals surface area contributed by atoms with Crippen LogP contribution in [0.4, 0.5) is 26.4 Å². The minimum absolute atomic E-state index is 0.0748. The van der Waals surface area contributed by atoms with Gasteiger partial charge < -0.3 is 16.4 Å². The summed E-state index contributed by atoms with van der Waals surface area (Å²) in [5.74, 6) is -1.29. The summed E-state index contributed by atoms with van der Waals surface area (Å²) < 4.78 is 30.4. The van der Waals surface area contributed by atoms with E-state index in [1.807, 2.05) is 10.6 Å². The van der Waals surface area contributed by atoms with Crippen LogP contribution in [-0.2, 0) is 11.3 Å². The van der Waals surface area contributed by atoms with E-state index in [1.165, 1.54) is 5.56 Å². The number of primary amides is 1. The number of fused-ring (bicyclic) bond motifs is 1. The Morgan fingerprint density at radius 1 is 1.07 bits per heavy atom. The molecule has 6 rings (SSSR count). The van der Waals surface area contributed by atoms with Gasteiger partial charge in [0.25, 0.3) is 0 Å². The molecule has 4 aromatic rings. The Morgan fingerprint density at radius 3 is 2.60 bits per heavy atom. The van der Waals surface area contributed by atoms with E-state index in [1.54, 1.807) is 6.20 Å². The number of nitrogens with one attached hydrogen (secondary N) is 2. The second kappa shape index (κ2) is 12.2. The summed E-state index contributed by atoms with van der Waals surface area (Å²) in [6.07, 6.45) is 6.29. The zero-order chi connectivity index (χ0) is 29.2. The van der Waals surface area contributed by atoms with Crippen LogP contribution >= 0.6 is 11.6 Å². The van der Waals surface area contributed by atoms with E-state index in [2.05, 4.69) is 49.8 Å². The average Bonchev–Trinajstić information content (AvgIpc) is 3.33. The van der Waals surface area contributed by atoms with Crippen molar-refractivity contribution in [1.29, 1.82) is 0 Å². The second-order valence-electron chi connectivity index (χ2n) is 11.2. The lowest BCUT2D eigenvalue weighted by molar-refractivity contribution is -0.122. The third-order valence-corrected chi connectivity index (χ3v) is 8.53. The Morgan fingerprint density at radius 2 is 1.86 bits per heavy atom. The van der Waals surface area contributed by atoms with Gasteiger partial charge in [0.1, 0.15) is 11.3 Å². The predicted molar refractivity (Wildman–Crippen MR) is 159 cm³/mol. The van der Waals surface area contributed by atoms with E-state index in [4.69, 9.17) is 22.3 Å². The minimum Gasteiger partial charge on any atom is -0.369 e. The van der Waals surface area contributed by atoms with Crippen LogP contribution in [0.15, 0.2) is 48.7 Å². The fraction of sp³-hybridized carbons (Fsp3) is 0.400. The number of carbonyl (C=O) groups excluding carboxylic acids is 1. The number of aromatic nitrogens is 4. The van der Waals surface area contributed by atoms with Crippen molar-refractivity contribution in [3.05, 3.63) is 70.9 Å². The van der Waals surface area contributed by atoms with Gasteiger partial charge in [-0.05, 0) is 56.7 Å². The Balaban J connectivity index is 1.28. The molecule has 1 amide bonds. The number of rotatable bonds is 8. The molecule has 220 valence electrons. The number of hydrogen-bond acceptors (Lipinski definition) is 7. The van der Waals surface area contributed by atoms with Gasteiger partial charge in [0.15, 0.2) is 11.5 Å². The smallest absolute Gasteiger partial charge is 0.225 e. The molecule has 0 bridgehead atoms. The molecule has 2 aromatic heterocycles. The van der Waals surface area contributed by atoms with Gasteiger partial charge in [-0.15, -0.1) is 0 Å². The van der Waals surface area contributed by atoms with Crippen molar-refractivity contribution in [3.8, 4) is 0 Å². The molecule has 2 aromatic carbocycles. The van der Waals surface area contributed by atoms with Gasteiger partial charge in [-0.2, -0.15) is 4.98 Å². The largest absolute Gasteiger partial charge is 0.369 e. The molecular weight excluding hydrogens is 562 g/mol. The monoisotopic (exact) mass is 594 g/mol. The van der Waals surface area contributed by atoms with Crippen LogP contribution in [0.25, 0.3) is 11.2 Å². The van der Waals surface area contributed by atoms with Gasteiger partial charge >= 0.3 is 0 Å². The number of nitrogens with two attached hydrogens (primary N) is 1. The van der Waals surface area contributed by atoms with Crippen LogP contribution in [0.3, 0.4) is 0 Å². The quantitative estimate of drug-likeness (QED) is 0.236. The number of amides is 1. The van der Waals surface area contributed by atoms with Crippen LogP contribution in [0.2, 0.25) is 5.02 Å². The molecule has 1 aliphatic heterocycles. The molecule has 0 radical (unpaired) electrons. The molecular formula is C30H33ClF2N8O. The molecule has 0 unspecified atom stereocenters. The molecule has 4 N–H and O–H groups in total. The van der Waals surface area contributed by atoms with E-state index in [9.17, 15) is 13.6 Å². The molecule has 2 aliphatic rings. The third kappa shape index (κ3) is 6.17. The second-order valence-corrected chi connectivity index (χ2v) is 11.6. The van der Waals surface area contributed by atoms with Crippen molar-refractivity contribution in [3.63, 3.8) is 0 Å². The number of nitrogens with zero attached hydrogens (tertiary/aromatic N) is 5. The van der Waals surface area contributed by atoms with Crippen LogP contribution in [-0.4, -0.2) is 49.5 Å². The van der Waals surface area contributed by atoms with Gasteiger partial charge in [-0.25, -0.2) is 18.7 Å². The number of benzene rings is 2. The number of imidazole rings is 1. The van der Waals surface area contributed by atoms with Crippen LogP contribution in [0, 0.1) is 17.6 Å². The molecule has 1 saturated heterocycles. The number of piperidine rings is 1. The van der Waals surface area contributed by atoms with Crippen molar-refractivity contribution < 1.29 is 13.6 Å². The zero-order valence-electron chi connectivity index (χ0n) is 23.1. The maximum absolute atomic E-state index is 14.7. The minimum atomic E-state index is -0.832. The molecule has 0 spiro atoms. The predicted octanol–water partition coefficient (Wildman–Crippen LogP) is 5.79. The highest BCUT2D eigenvalue weighted by molar-refractivity contribution is 6.33. The Labute approximate surface area is 247 Å². The van der Waals surface area contributed by atoms with E-state index in [0.29, 0.717) is 48.7 Å². The van der Waals surface area contributed by atoms with Gasteiger partial charge in [0.2, 0.25) is 17.8 Å². The molecule has 1 atom stereocenters. The summed E-state index contributed by atoms with van der Waals surface area (Å²) >= 11 is 6.20. The summed E-state index contributed by atoms with van der Waals surface area (Å²) in [6.45, 7) is 2.78. The first-order valence-corrected chi connectivity index (χ1v) is 14.7. The Hall–Kier alpha value is -3.83. The summed E-state index contributed by atoms with van der Waals surface area (Å²) in [5.41, 5.74) is 7.87. The molecule has 12 heteroatoms. The number of halogens is 3. The highest BCUT2D eigenvalue weighted by Gasteiger charge is 2.30. The first-order valence-electron chi connectivity index (χ1n) is 14.3. The van der Waals surface area contributed by atoms with Crippen molar-refractivity contribution in [2.75, 3.05) is 23.7 Å². The molecule has 1 aliphatic carbocycles. The fourth-order valence-electron chi connectivity index (χ4n) is 6.13. The lowest BCUT2D eigenvalue weighted by Gasteiger charge is -2.33. The Kier molecular flexibility index (Phi) is 8.21.